The van der Waals surface area contributed by atoms with Gasteiger partial charge >= 0.3 is 0 Å². The first-order chi connectivity index (χ1) is 11.5. The molecule has 0 aromatic heterocycles. The number of nitrogens with one attached hydrogen (secondary N) is 1. The number of hydrogen-bond donors (Lipinski definition) is 1. The fourth-order valence-corrected chi connectivity index (χ4v) is 3.97. The average Bonchev–Trinajstić information content (AvgIpc) is 2.55. The molecule has 1 amide bonds. The van der Waals surface area contributed by atoms with Gasteiger partial charge in [0.15, 0.2) is 11.5 Å². The molecular formula is C17H15Br2NO3S. The summed E-state index contributed by atoms with van der Waals surface area (Å²) in [6, 6.07) is 9.63. The Morgan fingerprint density at radius 2 is 1.88 bits per heavy atom. The van der Waals surface area contributed by atoms with Crippen molar-refractivity contribution >= 4 is 55.2 Å². The summed E-state index contributed by atoms with van der Waals surface area (Å²) in [4.78, 5) is 13.3. The van der Waals surface area contributed by atoms with E-state index in [1.807, 2.05) is 31.2 Å². The molecule has 7 heteroatoms. The molecule has 3 rings (SSSR count). The van der Waals surface area contributed by atoms with Gasteiger partial charge in [0.2, 0.25) is 5.91 Å². The minimum atomic E-state index is -0.0697. The summed E-state index contributed by atoms with van der Waals surface area (Å²) in [5.74, 6) is 1.60. The molecule has 126 valence electrons. The number of rotatable bonds is 4. The number of thioether (sulfide) groups is 1. The van der Waals surface area contributed by atoms with Gasteiger partial charge in [0.1, 0.15) is 13.2 Å². The highest BCUT2D eigenvalue weighted by molar-refractivity contribution is 9.10. The second kappa shape index (κ2) is 7.80. The Hall–Kier alpha value is -1.18. The Labute approximate surface area is 161 Å². The van der Waals surface area contributed by atoms with Crippen LogP contribution in [0.2, 0.25) is 0 Å². The molecule has 0 atom stereocenters. The third kappa shape index (κ3) is 4.26. The number of anilines is 1. The van der Waals surface area contributed by atoms with Crippen LogP contribution in [0.25, 0.3) is 0 Å². The van der Waals surface area contributed by atoms with Crippen LogP contribution in [0.15, 0.2) is 44.2 Å². The van der Waals surface area contributed by atoms with Gasteiger partial charge in [0.05, 0.1) is 11.4 Å². The van der Waals surface area contributed by atoms with Gasteiger partial charge in [0.25, 0.3) is 0 Å². The number of amides is 1. The summed E-state index contributed by atoms with van der Waals surface area (Å²) < 4.78 is 12.9. The number of benzene rings is 2. The molecule has 0 bridgehead atoms. The first kappa shape index (κ1) is 17.6. The third-order valence-electron chi connectivity index (χ3n) is 3.40. The van der Waals surface area contributed by atoms with Gasteiger partial charge in [-0.15, -0.1) is 11.8 Å². The van der Waals surface area contributed by atoms with Gasteiger partial charge < -0.3 is 14.8 Å². The maximum Gasteiger partial charge on any atom is 0.234 e. The lowest BCUT2D eigenvalue weighted by molar-refractivity contribution is -0.113. The largest absolute Gasteiger partial charge is 0.486 e. The standard InChI is InChI=1S/C17H15Br2NO3S/c1-10-6-11(18)2-3-16(10)24-9-17(21)20-13-8-15-14(7-12(13)19)22-4-5-23-15/h2-3,6-8H,4-5,9H2,1H3,(H,20,21). The highest BCUT2D eigenvalue weighted by Crippen LogP contribution is 2.38. The summed E-state index contributed by atoms with van der Waals surface area (Å²) in [5, 5.41) is 2.91. The Bertz CT molecular complexity index is 783. The van der Waals surface area contributed by atoms with Gasteiger partial charge in [-0.25, -0.2) is 0 Å². The van der Waals surface area contributed by atoms with Crippen molar-refractivity contribution in [3.63, 3.8) is 0 Å². The minimum Gasteiger partial charge on any atom is -0.486 e. The van der Waals surface area contributed by atoms with Crippen molar-refractivity contribution in [1.29, 1.82) is 0 Å². The Morgan fingerprint density at radius 1 is 1.17 bits per heavy atom. The van der Waals surface area contributed by atoms with Gasteiger partial charge in [-0.05, 0) is 46.6 Å². The van der Waals surface area contributed by atoms with Gasteiger partial charge in [0, 0.05) is 26.0 Å². The van der Waals surface area contributed by atoms with E-state index in [-0.39, 0.29) is 5.91 Å². The Kier molecular flexibility index (Phi) is 5.73. The molecule has 1 N–H and O–H groups in total. The average molecular weight is 473 g/mol. The zero-order valence-corrected chi connectivity index (χ0v) is 16.9. The molecule has 24 heavy (non-hydrogen) atoms. The van der Waals surface area contributed by atoms with Gasteiger partial charge in [-0.3, -0.25) is 4.79 Å². The number of aryl methyl sites for hydroxylation is 1. The van der Waals surface area contributed by atoms with E-state index >= 15 is 0 Å². The van der Waals surface area contributed by atoms with Crippen LogP contribution in [-0.4, -0.2) is 24.9 Å². The van der Waals surface area contributed by atoms with Crippen LogP contribution in [0.5, 0.6) is 11.5 Å². The van der Waals surface area contributed by atoms with Crippen molar-refractivity contribution in [2.75, 3.05) is 24.3 Å². The summed E-state index contributed by atoms with van der Waals surface area (Å²) in [6.45, 7) is 3.08. The number of halogens is 2. The van der Waals surface area contributed by atoms with Gasteiger partial charge in [-0.1, -0.05) is 15.9 Å². The zero-order valence-electron chi connectivity index (χ0n) is 12.9. The minimum absolute atomic E-state index is 0.0697. The molecule has 0 radical (unpaired) electrons. The molecule has 0 aliphatic carbocycles. The van der Waals surface area contributed by atoms with Crippen molar-refractivity contribution < 1.29 is 14.3 Å². The van der Waals surface area contributed by atoms with Crippen LogP contribution < -0.4 is 14.8 Å². The SMILES string of the molecule is Cc1cc(Br)ccc1SCC(=O)Nc1cc2c(cc1Br)OCCO2. The molecule has 1 aliphatic heterocycles. The van der Waals surface area contributed by atoms with E-state index in [2.05, 4.69) is 37.2 Å². The van der Waals surface area contributed by atoms with E-state index in [0.29, 0.717) is 36.2 Å². The van der Waals surface area contributed by atoms with Gasteiger partial charge in [-0.2, -0.15) is 0 Å². The molecule has 1 aliphatic rings. The van der Waals surface area contributed by atoms with E-state index in [0.717, 1.165) is 19.4 Å². The number of carbonyl (C=O) groups excluding carboxylic acids is 1. The molecule has 4 nitrogen and oxygen atoms in total. The topological polar surface area (TPSA) is 47.6 Å². The molecule has 1 heterocycles. The summed E-state index contributed by atoms with van der Waals surface area (Å²) in [6.07, 6.45) is 0. The third-order valence-corrected chi connectivity index (χ3v) is 5.73. The number of carbonyl (C=O) groups is 1. The Balaban J connectivity index is 1.64. The zero-order chi connectivity index (χ0) is 17.1. The highest BCUT2D eigenvalue weighted by atomic mass is 79.9. The van der Waals surface area contributed by atoms with Crippen LogP contribution in [0.1, 0.15) is 5.56 Å². The number of hydrogen-bond acceptors (Lipinski definition) is 4. The smallest absolute Gasteiger partial charge is 0.234 e. The van der Waals surface area contributed by atoms with Crippen LogP contribution in [0.3, 0.4) is 0 Å². The van der Waals surface area contributed by atoms with E-state index in [1.165, 1.54) is 11.8 Å². The second-order valence-electron chi connectivity index (χ2n) is 5.22. The van der Waals surface area contributed by atoms with E-state index in [4.69, 9.17) is 9.47 Å². The molecule has 0 saturated heterocycles. The fraction of sp³-hybridized carbons (Fsp3) is 0.235. The van der Waals surface area contributed by atoms with Crippen LogP contribution in [-0.2, 0) is 4.79 Å². The quantitative estimate of drug-likeness (QED) is 0.634. The first-order valence-electron chi connectivity index (χ1n) is 7.31. The molecule has 0 unspecified atom stereocenters. The summed E-state index contributed by atoms with van der Waals surface area (Å²) in [7, 11) is 0. The van der Waals surface area contributed by atoms with Crippen LogP contribution >= 0.6 is 43.6 Å². The molecule has 2 aromatic carbocycles. The summed E-state index contributed by atoms with van der Waals surface area (Å²) >= 11 is 8.41. The van der Waals surface area contributed by atoms with Crippen molar-refractivity contribution in [1.82, 2.24) is 0 Å². The van der Waals surface area contributed by atoms with Crippen molar-refractivity contribution in [2.24, 2.45) is 0 Å². The predicted octanol–water partition coefficient (Wildman–Crippen LogP) is 5.02. The first-order valence-corrected chi connectivity index (χ1v) is 9.88. The number of fused-ring (bicyclic) bond motifs is 1. The maximum absolute atomic E-state index is 12.3. The van der Waals surface area contributed by atoms with Crippen molar-refractivity contribution in [3.05, 3.63) is 44.8 Å². The molecule has 0 fully saturated rings. The molecule has 0 saturated carbocycles. The van der Waals surface area contributed by atoms with Crippen LogP contribution in [0.4, 0.5) is 5.69 Å². The number of ether oxygens (including phenoxy) is 2. The second-order valence-corrected chi connectivity index (χ2v) is 8.01. The maximum atomic E-state index is 12.3. The van der Waals surface area contributed by atoms with E-state index in [1.54, 1.807) is 6.07 Å². The lowest BCUT2D eigenvalue weighted by Gasteiger charge is -2.20. The normalized spacial score (nSPS) is 12.8. The molecule has 0 spiro atoms. The molecular weight excluding hydrogens is 458 g/mol. The van der Waals surface area contributed by atoms with Crippen LogP contribution in [0, 0.1) is 6.92 Å². The fourth-order valence-electron chi connectivity index (χ4n) is 2.26. The summed E-state index contributed by atoms with van der Waals surface area (Å²) in [5.41, 5.74) is 1.82. The highest BCUT2D eigenvalue weighted by Gasteiger charge is 2.16. The van der Waals surface area contributed by atoms with Crippen molar-refractivity contribution in [3.8, 4) is 11.5 Å². The lowest BCUT2D eigenvalue weighted by Crippen LogP contribution is -2.17. The monoisotopic (exact) mass is 471 g/mol. The lowest BCUT2D eigenvalue weighted by atomic mass is 10.2. The van der Waals surface area contributed by atoms with E-state index < -0.39 is 0 Å². The predicted molar refractivity (Wildman–Crippen MR) is 103 cm³/mol. The van der Waals surface area contributed by atoms with Crippen molar-refractivity contribution in [2.45, 2.75) is 11.8 Å². The Morgan fingerprint density at radius 3 is 2.58 bits per heavy atom. The molecule has 2 aromatic rings. The van der Waals surface area contributed by atoms with E-state index in [9.17, 15) is 4.79 Å².